The Labute approximate surface area is 118 Å². The van der Waals surface area contributed by atoms with Gasteiger partial charge in [0.05, 0.1) is 6.54 Å². The number of rotatable bonds is 7. The summed E-state index contributed by atoms with van der Waals surface area (Å²) in [6.07, 6.45) is 3.39. The molecule has 0 aromatic heterocycles. The van der Waals surface area contributed by atoms with Gasteiger partial charge in [-0.25, -0.2) is 0 Å². The summed E-state index contributed by atoms with van der Waals surface area (Å²) < 4.78 is 0. The van der Waals surface area contributed by atoms with Crippen LogP contribution in [0.1, 0.15) is 40.0 Å². The molecule has 2 atom stereocenters. The van der Waals surface area contributed by atoms with E-state index in [0.29, 0.717) is 24.4 Å². The second kappa shape index (κ2) is 8.54. The third kappa shape index (κ3) is 5.91. The van der Waals surface area contributed by atoms with Gasteiger partial charge in [0.1, 0.15) is 0 Å². The number of piperidine rings is 1. The van der Waals surface area contributed by atoms with Crippen LogP contribution in [-0.4, -0.2) is 50.1 Å². The molecule has 1 amide bonds. The molecule has 0 radical (unpaired) electrons. The predicted molar refractivity (Wildman–Crippen MR) is 80.2 cm³/mol. The van der Waals surface area contributed by atoms with Gasteiger partial charge >= 0.3 is 0 Å². The Morgan fingerprint density at radius 3 is 2.74 bits per heavy atom. The van der Waals surface area contributed by atoms with Gasteiger partial charge in [0.25, 0.3) is 0 Å². The van der Waals surface area contributed by atoms with Crippen molar-refractivity contribution in [2.45, 2.75) is 46.1 Å². The van der Waals surface area contributed by atoms with E-state index in [-0.39, 0.29) is 5.91 Å². The van der Waals surface area contributed by atoms with Gasteiger partial charge in [0.2, 0.25) is 5.91 Å². The largest absolute Gasteiger partial charge is 0.355 e. The number of carbonyl (C=O) groups excluding carboxylic acids is 1. The number of amides is 1. The minimum atomic E-state index is 0.179. The fourth-order valence-corrected chi connectivity index (χ4v) is 2.80. The maximum Gasteiger partial charge on any atom is 0.234 e. The summed E-state index contributed by atoms with van der Waals surface area (Å²) in [7, 11) is 2.04. The van der Waals surface area contributed by atoms with E-state index in [1.807, 2.05) is 7.05 Å². The van der Waals surface area contributed by atoms with E-state index < -0.39 is 0 Å². The first kappa shape index (κ1) is 16.4. The molecule has 1 heterocycles. The molecular formula is C15H31N3O. The lowest BCUT2D eigenvalue weighted by atomic mass is 9.90. The second-order valence-electron chi connectivity index (χ2n) is 6.12. The summed E-state index contributed by atoms with van der Waals surface area (Å²) in [5.41, 5.74) is 0. The van der Waals surface area contributed by atoms with E-state index in [0.717, 1.165) is 32.5 Å². The summed E-state index contributed by atoms with van der Waals surface area (Å²) >= 11 is 0. The van der Waals surface area contributed by atoms with Gasteiger partial charge < -0.3 is 10.6 Å². The SMILES string of the molecule is CCC1CN(CC(=O)NCCC(C)C)CCC1NC. The van der Waals surface area contributed by atoms with Gasteiger partial charge in [-0.05, 0) is 31.7 Å². The number of carbonyl (C=O) groups is 1. The summed E-state index contributed by atoms with van der Waals surface area (Å²) in [6, 6.07) is 0.616. The molecule has 1 fully saturated rings. The molecule has 1 aliphatic heterocycles. The molecule has 0 aromatic rings. The number of hydrogen-bond donors (Lipinski definition) is 2. The molecule has 4 nitrogen and oxygen atoms in total. The van der Waals surface area contributed by atoms with Crippen LogP contribution in [0.25, 0.3) is 0 Å². The number of nitrogens with one attached hydrogen (secondary N) is 2. The zero-order chi connectivity index (χ0) is 14.3. The number of hydrogen-bond acceptors (Lipinski definition) is 3. The summed E-state index contributed by atoms with van der Waals surface area (Å²) in [5.74, 6) is 1.50. The van der Waals surface area contributed by atoms with Crippen LogP contribution in [-0.2, 0) is 4.79 Å². The van der Waals surface area contributed by atoms with Crippen LogP contribution in [0.3, 0.4) is 0 Å². The van der Waals surface area contributed by atoms with Gasteiger partial charge in [-0.15, -0.1) is 0 Å². The molecule has 0 bridgehead atoms. The van der Waals surface area contributed by atoms with Crippen molar-refractivity contribution in [3.63, 3.8) is 0 Å². The first-order valence-electron chi connectivity index (χ1n) is 7.73. The summed E-state index contributed by atoms with van der Waals surface area (Å²) in [4.78, 5) is 14.2. The van der Waals surface area contributed by atoms with Crippen molar-refractivity contribution in [2.75, 3.05) is 33.2 Å². The monoisotopic (exact) mass is 269 g/mol. The van der Waals surface area contributed by atoms with Gasteiger partial charge in [-0.3, -0.25) is 9.69 Å². The zero-order valence-electron chi connectivity index (χ0n) is 13.0. The van der Waals surface area contributed by atoms with Crippen molar-refractivity contribution < 1.29 is 4.79 Å². The Morgan fingerprint density at radius 2 is 2.16 bits per heavy atom. The Hall–Kier alpha value is -0.610. The van der Waals surface area contributed by atoms with Crippen LogP contribution in [0.2, 0.25) is 0 Å². The van der Waals surface area contributed by atoms with Gasteiger partial charge in [0, 0.05) is 25.7 Å². The number of nitrogens with zero attached hydrogens (tertiary/aromatic N) is 1. The Bertz CT molecular complexity index is 268. The fraction of sp³-hybridized carbons (Fsp3) is 0.933. The molecule has 1 rings (SSSR count). The van der Waals surface area contributed by atoms with Crippen molar-refractivity contribution >= 4 is 5.91 Å². The lowest BCUT2D eigenvalue weighted by Crippen LogP contribution is -2.50. The molecule has 0 saturated carbocycles. The first-order valence-corrected chi connectivity index (χ1v) is 7.73. The van der Waals surface area contributed by atoms with Crippen LogP contribution in [0, 0.1) is 11.8 Å². The molecule has 0 aromatic carbocycles. The topological polar surface area (TPSA) is 44.4 Å². The van der Waals surface area contributed by atoms with Gasteiger partial charge in [-0.1, -0.05) is 27.2 Å². The average Bonchev–Trinajstić information content (AvgIpc) is 2.38. The third-order valence-corrected chi connectivity index (χ3v) is 4.12. The second-order valence-corrected chi connectivity index (χ2v) is 6.12. The average molecular weight is 269 g/mol. The van der Waals surface area contributed by atoms with Crippen molar-refractivity contribution in [2.24, 2.45) is 11.8 Å². The van der Waals surface area contributed by atoms with E-state index >= 15 is 0 Å². The quantitative estimate of drug-likeness (QED) is 0.735. The van der Waals surface area contributed by atoms with Crippen molar-refractivity contribution in [1.82, 2.24) is 15.5 Å². The van der Waals surface area contributed by atoms with Crippen LogP contribution in [0.4, 0.5) is 0 Å². The predicted octanol–water partition coefficient (Wildman–Crippen LogP) is 1.47. The van der Waals surface area contributed by atoms with E-state index in [4.69, 9.17) is 0 Å². The smallest absolute Gasteiger partial charge is 0.234 e. The normalized spacial score (nSPS) is 24.7. The first-order chi connectivity index (χ1) is 9.06. The van der Waals surface area contributed by atoms with E-state index in [9.17, 15) is 4.79 Å². The molecule has 0 spiro atoms. The zero-order valence-corrected chi connectivity index (χ0v) is 13.0. The minimum absolute atomic E-state index is 0.179. The molecular weight excluding hydrogens is 238 g/mol. The van der Waals surface area contributed by atoms with Crippen molar-refractivity contribution in [3.8, 4) is 0 Å². The highest BCUT2D eigenvalue weighted by Gasteiger charge is 2.27. The molecule has 0 aliphatic carbocycles. The maximum atomic E-state index is 11.9. The van der Waals surface area contributed by atoms with Gasteiger partial charge in [0.15, 0.2) is 0 Å². The van der Waals surface area contributed by atoms with E-state index in [1.54, 1.807) is 0 Å². The lowest BCUT2D eigenvalue weighted by molar-refractivity contribution is -0.122. The molecule has 112 valence electrons. The maximum absolute atomic E-state index is 11.9. The van der Waals surface area contributed by atoms with Crippen molar-refractivity contribution in [1.29, 1.82) is 0 Å². The fourth-order valence-electron chi connectivity index (χ4n) is 2.80. The van der Waals surface area contributed by atoms with Crippen LogP contribution < -0.4 is 10.6 Å². The highest BCUT2D eigenvalue weighted by atomic mass is 16.2. The number of likely N-dealkylation sites (tertiary alicyclic amines) is 1. The molecule has 2 unspecified atom stereocenters. The molecule has 4 heteroatoms. The molecule has 19 heavy (non-hydrogen) atoms. The van der Waals surface area contributed by atoms with Crippen LogP contribution >= 0.6 is 0 Å². The molecule has 1 saturated heterocycles. The third-order valence-electron chi connectivity index (χ3n) is 4.12. The summed E-state index contributed by atoms with van der Waals surface area (Å²) in [6.45, 7) is 10.0. The Kier molecular flexibility index (Phi) is 7.39. The van der Waals surface area contributed by atoms with E-state index in [1.165, 1.54) is 6.42 Å². The highest BCUT2D eigenvalue weighted by molar-refractivity contribution is 5.77. The van der Waals surface area contributed by atoms with Crippen LogP contribution in [0.5, 0.6) is 0 Å². The standard InChI is InChI=1S/C15H31N3O/c1-5-13-10-18(9-7-14(13)16-4)11-15(19)17-8-6-12(2)3/h12-14,16H,5-11H2,1-4H3,(H,17,19). The van der Waals surface area contributed by atoms with Crippen molar-refractivity contribution in [3.05, 3.63) is 0 Å². The Morgan fingerprint density at radius 1 is 1.42 bits per heavy atom. The van der Waals surface area contributed by atoms with Gasteiger partial charge in [-0.2, -0.15) is 0 Å². The minimum Gasteiger partial charge on any atom is -0.355 e. The summed E-state index contributed by atoms with van der Waals surface area (Å²) in [5, 5.41) is 6.42. The Balaban J connectivity index is 2.27. The highest BCUT2D eigenvalue weighted by Crippen LogP contribution is 2.19. The lowest BCUT2D eigenvalue weighted by Gasteiger charge is -2.37. The van der Waals surface area contributed by atoms with E-state index in [2.05, 4.69) is 36.3 Å². The van der Waals surface area contributed by atoms with Crippen LogP contribution in [0.15, 0.2) is 0 Å². The molecule has 1 aliphatic rings. The molecule has 2 N–H and O–H groups in total.